The molecule has 0 N–H and O–H groups in total. The second-order valence-electron chi connectivity index (χ2n) is 9.13. The molecule has 5 aromatic carbocycles. The zero-order valence-electron chi connectivity index (χ0n) is 21.0. The van der Waals surface area contributed by atoms with Gasteiger partial charge < -0.3 is 14.4 Å². The molecule has 0 aromatic heterocycles. The van der Waals surface area contributed by atoms with Gasteiger partial charge in [-0.25, -0.2) is 0 Å². The molecule has 0 aliphatic carbocycles. The molecule has 0 heterocycles. The number of ether oxygens (including phenoxy) is 2. The first-order chi connectivity index (χ1) is 17.2. The largest absolute Gasteiger partial charge is 0.496 e. The molecule has 0 aliphatic heterocycles. The van der Waals surface area contributed by atoms with Crippen molar-refractivity contribution in [1.29, 1.82) is 0 Å². The number of hydrogen-bond donors (Lipinski definition) is 0. The monoisotopic (exact) mass is 497 g/mol. The summed E-state index contributed by atoms with van der Waals surface area (Å²) in [7, 11) is 5.85. The van der Waals surface area contributed by atoms with Crippen molar-refractivity contribution in [2.45, 2.75) is 5.92 Å². The molecule has 0 saturated heterocycles. The van der Waals surface area contributed by atoms with Gasteiger partial charge in [0.05, 0.1) is 7.11 Å². The maximum Gasteiger partial charge on any atom is 0.123 e. The number of methoxy groups -OCH3 is 1. The highest BCUT2D eigenvalue weighted by molar-refractivity contribution is 6.09. The number of nitrogens with zero attached hydrogens (tertiary/aromatic N) is 1. The van der Waals surface area contributed by atoms with E-state index < -0.39 is 0 Å². The van der Waals surface area contributed by atoms with Gasteiger partial charge in [-0.15, -0.1) is 12.4 Å². The zero-order valence-corrected chi connectivity index (χ0v) is 21.8. The number of para-hydroxylation sites is 1. The standard InChI is InChI=1S/C32H31NO2.ClH/c1-33(2)20-21-35-25-18-16-23(17-19-25)32(29-14-8-9-15-31(29)34-3)30-22-24-10-4-5-11-26(24)27-12-6-7-13-28(27)30;/h4-19,22,32H,20-21H2,1-3H3;1H. The Hall–Kier alpha value is -3.53. The normalized spacial score (nSPS) is 11.9. The third-order valence-corrected chi connectivity index (χ3v) is 6.58. The molecule has 1 unspecified atom stereocenters. The molecule has 5 aromatic rings. The lowest BCUT2D eigenvalue weighted by molar-refractivity contribution is 0.261. The van der Waals surface area contributed by atoms with Crippen LogP contribution >= 0.6 is 12.4 Å². The van der Waals surface area contributed by atoms with E-state index in [0.717, 1.165) is 23.6 Å². The van der Waals surface area contributed by atoms with Crippen molar-refractivity contribution < 1.29 is 9.47 Å². The van der Waals surface area contributed by atoms with Crippen molar-refractivity contribution in [2.24, 2.45) is 0 Å². The third-order valence-electron chi connectivity index (χ3n) is 6.58. The van der Waals surface area contributed by atoms with Crippen molar-refractivity contribution in [3.8, 4) is 11.5 Å². The topological polar surface area (TPSA) is 21.7 Å². The summed E-state index contributed by atoms with van der Waals surface area (Å²) in [6.45, 7) is 1.55. The second-order valence-corrected chi connectivity index (χ2v) is 9.13. The Labute approximate surface area is 219 Å². The van der Waals surface area contributed by atoms with E-state index in [2.05, 4.69) is 110 Å². The SMILES string of the molecule is COc1ccccc1C(c1ccc(OCCN(C)C)cc1)c1cc2ccccc2c2ccccc12.Cl. The number of hydrogen-bond acceptors (Lipinski definition) is 3. The minimum atomic E-state index is 0. The van der Waals surface area contributed by atoms with Gasteiger partial charge in [0.2, 0.25) is 0 Å². The fraction of sp³-hybridized carbons (Fsp3) is 0.188. The van der Waals surface area contributed by atoms with Gasteiger partial charge >= 0.3 is 0 Å². The molecule has 0 saturated carbocycles. The molecule has 0 fully saturated rings. The minimum Gasteiger partial charge on any atom is -0.496 e. The van der Waals surface area contributed by atoms with Crippen LogP contribution in [-0.2, 0) is 0 Å². The summed E-state index contributed by atoms with van der Waals surface area (Å²) < 4.78 is 11.8. The molecule has 3 nitrogen and oxygen atoms in total. The van der Waals surface area contributed by atoms with Gasteiger partial charge in [0.25, 0.3) is 0 Å². The van der Waals surface area contributed by atoms with Gasteiger partial charge in [-0.05, 0) is 71.0 Å². The molecule has 4 heteroatoms. The van der Waals surface area contributed by atoms with E-state index in [-0.39, 0.29) is 18.3 Å². The van der Waals surface area contributed by atoms with Crippen LogP contribution < -0.4 is 9.47 Å². The molecule has 0 spiro atoms. The van der Waals surface area contributed by atoms with E-state index in [1.165, 1.54) is 32.7 Å². The van der Waals surface area contributed by atoms with Crippen molar-refractivity contribution in [3.63, 3.8) is 0 Å². The zero-order chi connectivity index (χ0) is 24.2. The fourth-order valence-corrected chi connectivity index (χ4v) is 4.86. The van der Waals surface area contributed by atoms with Gasteiger partial charge in [0.1, 0.15) is 18.1 Å². The summed E-state index contributed by atoms with van der Waals surface area (Å²) in [6.07, 6.45) is 0. The van der Waals surface area contributed by atoms with Crippen LogP contribution in [0.25, 0.3) is 21.5 Å². The van der Waals surface area contributed by atoms with Crippen molar-refractivity contribution in [3.05, 3.63) is 120 Å². The maximum atomic E-state index is 5.97. The minimum absolute atomic E-state index is 0. The van der Waals surface area contributed by atoms with Crippen LogP contribution in [0.5, 0.6) is 11.5 Å². The molecule has 0 radical (unpaired) electrons. The lowest BCUT2D eigenvalue weighted by Gasteiger charge is -2.24. The molecule has 1 atom stereocenters. The van der Waals surface area contributed by atoms with Crippen LogP contribution in [0, 0.1) is 0 Å². The number of fused-ring (bicyclic) bond motifs is 3. The summed E-state index contributed by atoms with van der Waals surface area (Å²) in [6, 6.07) is 36.6. The van der Waals surface area contributed by atoms with Gasteiger partial charge in [0, 0.05) is 18.0 Å². The summed E-state index contributed by atoms with van der Waals surface area (Å²) in [5.74, 6) is 1.79. The van der Waals surface area contributed by atoms with Crippen LogP contribution in [-0.4, -0.2) is 39.3 Å². The molecular formula is C32H32ClNO2. The molecular weight excluding hydrogens is 466 g/mol. The predicted octanol–water partition coefficient (Wildman–Crippen LogP) is 7.54. The molecule has 36 heavy (non-hydrogen) atoms. The average Bonchev–Trinajstić information content (AvgIpc) is 2.90. The fourth-order valence-electron chi connectivity index (χ4n) is 4.86. The highest BCUT2D eigenvalue weighted by Gasteiger charge is 2.23. The Morgan fingerprint density at radius 3 is 2.06 bits per heavy atom. The quantitative estimate of drug-likeness (QED) is 0.163. The molecule has 184 valence electrons. The van der Waals surface area contributed by atoms with Crippen molar-refractivity contribution in [2.75, 3.05) is 34.4 Å². The first kappa shape index (κ1) is 25.6. The van der Waals surface area contributed by atoms with E-state index >= 15 is 0 Å². The summed E-state index contributed by atoms with van der Waals surface area (Å²) in [5, 5.41) is 5.04. The number of rotatable bonds is 8. The predicted molar refractivity (Wildman–Crippen MR) is 153 cm³/mol. The molecule has 5 rings (SSSR count). The Balaban J connectivity index is 0.00000304. The Kier molecular flexibility index (Phi) is 8.14. The van der Waals surface area contributed by atoms with Crippen LogP contribution in [0.4, 0.5) is 0 Å². The van der Waals surface area contributed by atoms with Crippen molar-refractivity contribution in [1.82, 2.24) is 4.90 Å². The Bertz CT molecular complexity index is 1450. The van der Waals surface area contributed by atoms with Gasteiger partial charge in [0.15, 0.2) is 0 Å². The highest BCUT2D eigenvalue weighted by atomic mass is 35.5. The summed E-state index contributed by atoms with van der Waals surface area (Å²) in [5.41, 5.74) is 3.62. The lowest BCUT2D eigenvalue weighted by atomic mass is 9.81. The van der Waals surface area contributed by atoms with Gasteiger partial charge in [-0.2, -0.15) is 0 Å². The van der Waals surface area contributed by atoms with E-state index in [1.54, 1.807) is 7.11 Å². The number of likely N-dealkylation sites (N-methyl/N-ethyl adjacent to an activating group) is 1. The van der Waals surface area contributed by atoms with Crippen LogP contribution in [0.2, 0.25) is 0 Å². The van der Waals surface area contributed by atoms with E-state index in [4.69, 9.17) is 9.47 Å². The second kappa shape index (κ2) is 11.5. The average molecular weight is 498 g/mol. The smallest absolute Gasteiger partial charge is 0.123 e. The van der Waals surface area contributed by atoms with E-state index in [9.17, 15) is 0 Å². The summed E-state index contributed by atoms with van der Waals surface area (Å²) >= 11 is 0. The van der Waals surface area contributed by atoms with Crippen LogP contribution in [0.3, 0.4) is 0 Å². The van der Waals surface area contributed by atoms with Gasteiger partial charge in [-0.1, -0.05) is 78.9 Å². The van der Waals surface area contributed by atoms with Crippen molar-refractivity contribution >= 4 is 34.0 Å². The lowest BCUT2D eigenvalue weighted by Crippen LogP contribution is -2.19. The summed E-state index contributed by atoms with van der Waals surface area (Å²) in [4.78, 5) is 2.12. The Morgan fingerprint density at radius 1 is 0.694 bits per heavy atom. The molecule has 0 amide bonds. The first-order valence-electron chi connectivity index (χ1n) is 12.1. The van der Waals surface area contributed by atoms with E-state index in [1.807, 2.05) is 12.1 Å². The van der Waals surface area contributed by atoms with Gasteiger partial charge in [-0.3, -0.25) is 0 Å². The van der Waals surface area contributed by atoms with Crippen LogP contribution in [0.1, 0.15) is 22.6 Å². The number of benzene rings is 5. The third kappa shape index (κ3) is 5.18. The van der Waals surface area contributed by atoms with Crippen LogP contribution in [0.15, 0.2) is 103 Å². The first-order valence-corrected chi connectivity index (χ1v) is 12.1. The Morgan fingerprint density at radius 2 is 1.33 bits per heavy atom. The molecule has 0 bridgehead atoms. The maximum absolute atomic E-state index is 5.97. The number of halogens is 1. The molecule has 0 aliphatic rings. The van der Waals surface area contributed by atoms with E-state index in [0.29, 0.717) is 6.61 Å². The highest BCUT2D eigenvalue weighted by Crippen LogP contribution is 2.42.